The van der Waals surface area contributed by atoms with Gasteiger partial charge in [0.2, 0.25) is 0 Å². The first kappa shape index (κ1) is 19.9. The molecule has 0 bridgehead atoms. The molecule has 2 aliphatic rings. The van der Waals surface area contributed by atoms with Gasteiger partial charge in [-0.05, 0) is 84.9 Å². The van der Waals surface area contributed by atoms with Crippen LogP contribution in [0.1, 0.15) is 58.6 Å². The smallest absolute Gasteiger partial charge is 0.0405 e. The molecule has 1 heteroatoms. The predicted octanol–water partition coefficient (Wildman–Crippen LogP) is 7.55. The van der Waals surface area contributed by atoms with E-state index in [4.69, 9.17) is 0 Å². The average Bonchev–Trinajstić information content (AvgIpc) is 2.79. The average molecular weight is 406 g/mol. The van der Waals surface area contributed by atoms with Gasteiger partial charge in [0.1, 0.15) is 0 Å². The Bertz CT molecular complexity index is 1120. The lowest BCUT2D eigenvalue weighted by atomic mass is 9.80. The van der Waals surface area contributed by atoms with Crippen LogP contribution in [-0.4, -0.2) is 7.05 Å². The topological polar surface area (TPSA) is 3.24 Å². The number of anilines is 1. The van der Waals surface area contributed by atoms with Gasteiger partial charge in [-0.25, -0.2) is 0 Å². The fourth-order valence-electron chi connectivity index (χ4n) is 4.76. The van der Waals surface area contributed by atoms with E-state index in [-0.39, 0.29) is 0 Å². The second-order valence-electron chi connectivity index (χ2n) is 9.10. The monoisotopic (exact) mass is 405 g/mol. The summed E-state index contributed by atoms with van der Waals surface area (Å²) in [5, 5.41) is 0. The van der Waals surface area contributed by atoms with E-state index in [0.29, 0.717) is 5.92 Å². The highest BCUT2D eigenvalue weighted by Gasteiger charge is 2.22. The van der Waals surface area contributed by atoms with E-state index >= 15 is 0 Å². The summed E-state index contributed by atoms with van der Waals surface area (Å²) in [6.45, 7) is 2.12. The molecule has 1 unspecified atom stereocenters. The van der Waals surface area contributed by atoms with Crippen molar-refractivity contribution in [3.05, 3.63) is 112 Å². The maximum absolute atomic E-state index is 2.47. The summed E-state index contributed by atoms with van der Waals surface area (Å²) in [4.78, 5) is 2.38. The van der Waals surface area contributed by atoms with Crippen LogP contribution in [0, 0.1) is 6.92 Å². The molecule has 0 heterocycles. The fraction of sp³-hybridized carbons (Fsp3) is 0.267. The van der Waals surface area contributed by atoms with Gasteiger partial charge in [-0.1, -0.05) is 78.4 Å². The van der Waals surface area contributed by atoms with Crippen LogP contribution < -0.4 is 4.90 Å². The Balaban J connectivity index is 1.26. The van der Waals surface area contributed by atoms with Crippen molar-refractivity contribution in [2.24, 2.45) is 0 Å². The summed E-state index contributed by atoms with van der Waals surface area (Å²) in [6, 6.07) is 24.8. The highest BCUT2D eigenvalue weighted by Crippen LogP contribution is 2.37. The van der Waals surface area contributed by atoms with Crippen LogP contribution in [0.3, 0.4) is 0 Å². The van der Waals surface area contributed by atoms with E-state index in [1.54, 1.807) is 11.1 Å². The quantitative estimate of drug-likeness (QED) is 0.396. The number of benzene rings is 3. The van der Waals surface area contributed by atoms with E-state index < -0.39 is 0 Å². The number of hydrogen-bond donors (Lipinski definition) is 0. The Labute approximate surface area is 186 Å². The van der Waals surface area contributed by atoms with Gasteiger partial charge in [0.05, 0.1) is 0 Å². The molecular weight excluding hydrogens is 374 g/mol. The van der Waals surface area contributed by atoms with Crippen molar-refractivity contribution in [1.82, 2.24) is 0 Å². The van der Waals surface area contributed by atoms with Gasteiger partial charge < -0.3 is 4.90 Å². The van der Waals surface area contributed by atoms with Crippen LogP contribution >= 0.6 is 0 Å². The van der Waals surface area contributed by atoms with E-state index in [1.165, 1.54) is 59.3 Å². The van der Waals surface area contributed by atoms with Gasteiger partial charge in [-0.15, -0.1) is 0 Å². The van der Waals surface area contributed by atoms with Gasteiger partial charge in [-0.2, -0.15) is 0 Å². The summed E-state index contributed by atoms with van der Waals surface area (Å²) < 4.78 is 0. The van der Waals surface area contributed by atoms with Crippen LogP contribution in [-0.2, 0) is 12.8 Å². The van der Waals surface area contributed by atoms with Gasteiger partial charge in [-0.3, -0.25) is 0 Å². The third kappa shape index (κ3) is 4.37. The van der Waals surface area contributed by atoms with Gasteiger partial charge in [0.25, 0.3) is 0 Å². The molecule has 2 aliphatic carbocycles. The molecule has 0 spiro atoms. The minimum absolute atomic E-state index is 0.644. The fourth-order valence-corrected chi connectivity index (χ4v) is 4.76. The van der Waals surface area contributed by atoms with Crippen LogP contribution in [0.4, 0.5) is 5.69 Å². The third-order valence-corrected chi connectivity index (χ3v) is 6.97. The van der Waals surface area contributed by atoms with Crippen molar-refractivity contribution < 1.29 is 0 Å². The second-order valence-corrected chi connectivity index (χ2v) is 9.10. The van der Waals surface area contributed by atoms with Crippen molar-refractivity contribution >= 4 is 17.8 Å². The Hall–Kier alpha value is -3.06. The molecule has 3 aromatic carbocycles. The van der Waals surface area contributed by atoms with Gasteiger partial charge >= 0.3 is 0 Å². The first-order chi connectivity index (χ1) is 15.2. The lowest BCUT2D eigenvalue weighted by molar-refractivity contribution is 0.584. The van der Waals surface area contributed by atoms with Gasteiger partial charge in [0.15, 0.2) is 0 Å². The van der Waals surface area contributed by atoms with Crippen LogP contribution in [0.15, 0.2) is 78.5 Å². The summed E-state index contributed by atoms with van der Waals surface area (Å²) in [6.07, 6.45) is 12.9. The number of allylic oxidation sites excluding steroid dienone is 2. The van der Waals surface area contributed by atoms with Crippen molar-refractivity contribution in [1.29, 1.82) is 0 Å². The number of nitrogens with zero attached hydrogens (tertiary/aromatic N) is 1. The molecule has 0 radical (unpaired) electrons. The molecule has 0 amide bonds. The molecule has 0 saturated heterocycles. The molecule has 3 aromatic rings. The van der Waals surface area contributed by atoms with E-state index in [2.05, 4.69) is 104 Å². The summed E-state index contributed by atoms with van der Waals surface area (Å²) >= 11 is 0. The minimum Gasteiger partial charge on any atom is -0.348 e. The minimum atomic E-state index is 0.644. The van der Waals surface area contributed by atoms with E-state index in [1.807, 2.05) is 0 Å². The maximum atomic E-state index is 2.47. The lowest BCUT2D eigenvalue weighted by Gasteiger charge is -2.31. The highest BCUT2D eigenvalue weighted by molar-refractivity contribution is 5.70. The molecule has 156 valence electrons. The number of fused-ring (bicyclic) bond motifs is 1. The zero-order chi connectivity index (χ0) is 21.2. The summed E-state index contributed by atoms with van der Waals surface area (Å²) in [5.74, 6) is 0.644. The molecule has 0 aromatic heterocycles. The van der Waals surface area contributed by atoms with Crippen molar-refractivity contribution in [2.45, 2.75) is 44.9 Å². The van der Waals surface area contributed by atoms with E-state index in [0.717, 1.165) is 6.42 Å². The molecule has 5 rings (SSSR count). The number of rotatable bonds is 5. The molecule has 1 atom stereocenters. The third-order valence-electron chi connectivity index (χ3n) is 6.97. The van der Waals surface area contributed by atoms with Crippen molar-refractivity contribution in [2.75, 3.05) is 11.9 Å². The second kappa shape index (κ2) is 8.59. The zero-order valence-corrected chi connectivity index (χ0v) is 18.6. The Morgan fingerprint density at radius 3 is 2.13 bits per heavy atom. The molecule has 0 aliphatic heterocycles. The maximum Gasteiger partial charge on any atom is 0.0405 e. The SMILES string of the molecule is Cc1ccc(/C=C/c2ccc(N(C)C3=CCCC(c4ccc5c(c4)CC5)C3)cc2)cc1. The number of aryl methyl sites for hydroxylation is 3. The number of hydrogen-bond acceptors (Lipinski definition) is 1. The summed E-state index contributed by atoms with van der Waals surface area (Å²) in [5.41, 5.74) is 11.1. The molecule has 0 N–H and O–H groups in total. The Kier molecular flexibility index (Phi) is 5.51. The van der Waals surface area contributed by atoms with E-state index in [9.17, 15) is 0 Å². The molecule has 1 nitrogen and oxygen atoms in total. The van der Waals surface area contributed by atoms with Crippen LogP contribution in [0.5, 0.6) is 0 Å². The molecule has 31 heavy (non-hydrogen) atoms. The largest absolute Gasteiger partial charge is 0.348 e. The molecule has 0 fully saturated rings. The van der Waals surface area contributed by atoms with Crippen molar-refractivity contribution in [3.63, 3.8) is 0 Å². The Morgan fingerprint density at radius 2 is 1.48 bits per heavy atom. The first-order valence-corrected chi connectivity index (χ1v) is 11.5. The standard InChI is InChI=1S/C30H31N/c1-22-6-8-23(9-7-22)10-11-24-12-18-29(19-13-24)31(2)30-5-3-4-26(21-30)28-17-15-25-14-16-27(25)20-28/h5-13,15,17-20,26H,3-4,14,16,21H2,1-2H3/b11-10+. The predicted molar refractivity (Wildman–Crippen MR) is 133 cm³/mol. The molecule has 0 saturated carbocycles. The van der Waals surface area contributed by atoms with Crippen LogP contribution in [0.2, 0.25) is 0 Å². The molecular formula is C30H31N. The zero-order valence-electron chi connectivity index (χ0n) is 18.6. The lowest BCUT2D eigenvalue weighted by Crippen LogP contribution is -2.21. The highest BCUT2D eigenvalue weighted by atomic mass is 15.1. The first-order valence-electron chi connectivity index (χ1n) is 11.5. The van der Waals surface area contributed by atoms with Gasteiger partial charge in [0, 0.05) is 18.4 Å². The summed E-state index contributed by atoms with van der Waals surface area (Å²) in [7, 11) is 2.21. The van der Waals surface area contributed by atoms with Crippen LogP contribution in [0.25, 0.3) is 12.2 Å². The van der Waals surface area contributed by atoms with Crippen molar-refractivity contribution in [3.8, 4) is 0 Å². The normalized spacial score (nSPS) is 17.7. The Morgan fingerprint density at radius 1 is 0.806 bits per heavy atom.